The predicted octanol–water partition coefficient (Wildman–Crippen LogP) is 3.25. The Bertz CT molecular complexity index is 1140. The lowest BCUT2D eigenvalue weighted by Crippen LogP contribution is -2.50. The molecule has 0 saturated heterocycles. The summed E-state index contributed by atoms with van der Waals surface area (Å²) in [5, 5.41) is 0. The molecule has 0 aliphatic carbocycles. The van der Waals surface area contributed by atoms with Crippen LogP contribution in [0.3, 0.4) is 0 Å². The van der Waals surface area contributed by atoms with Gasteiger partial charge < -0.3 is 18.9 Å². The molecule has 8 nitrogen and oxygen atoms in total. The smallest absolute Gasteiger partial charge is 0.321 e. The van der Waals surface area contributed by atoms with Gasteiger partial charge in [-0.1, -0.05) is 24.3 Å². The third-order valence-electron chi connectivity index (χ3n) is 5.97. The first-order valence-electron chi connectivity index (χ1n) is 11.2. The zero-order valence-electron chi connectivity index (χ0n) is 19.5. The highest BCUT2D eigenvalue weighted by Crippen LogP contribution is 2.41. The van der Waals surface area contributed by atoms with E-state index in [2.05, 4.69) is 0 Å². The van der Waals surface area contributed by atoms with Crippen molar-refractivity contribution in [1.82, 2.24) is 9.55 Å². The highest BCUT2D eigenvalue weighted by atomic mass is 16.5. The van der Waals surface area contributed by atoms with E-state index in [4.69, 9.17) is 14.5 Å². The molecule has 8 heteroatoms. The summed E-state index contributed by atoms with van der Waals surface area (Å²) in [5.41, 5.74) is 3.53. The van der Waals surface area contributed by atoms with Crippen LogP contribution in [0.2, 0.25) is 0 Å². The van der Waals surface area contributed by atoms with Gasteiger partial charge in [0.2, 0.25) is 11.9 Å². The molecule has 0 radical (unpaired) electrons. The SMILES string of the molecule is CCOC(=O)[C@H]1C(=O)N(CCCOC)c2nc3ccccc3n2[C@@H]1c1ccc(N(C)C)cc1. The molecule has 0 saturated carbocycles. The zero-order chi connectivity index (χ0) is 23.5. The van der Waals surface area contributed by atoms with Crippen molar-refractivity contribution in [2.45, 2.75) is 19.4 Å². The number of rotatable bonds is 8. The highest BCUT2D eigenvalue weighted by molar-refractivity contribution is 6.08. The zero-order valence-corrected chi connectivity index (χ0v) is 19.5. The van der Waals surface area contributed by atoms with Crippen molar-refractivity contribution in [3.8, 4) is 0 Å². The van der Waals surface area contributed by atoms with Gasteiger partial charge in [0.25, 0.3) is 0 Å². The molecule has 0 N–H and O–H groups in total. The molecular formula is C25H30N4O4. The van der Waals surface area contributed by atoms with Gasteiger partial charge in [0.1, 0.15) is 0 Å². The molecule has 3 aromatic rings. The molecular weight excluding hydrogens is 420 g/mol. The fourth-order valence-electron chi connectivity index (χ4n) is 4.40. The molecule has 1 amide bonds. The Labute approximate surface area is 193 Å². The fraction of sp³-hybridized carbons (Fsp3) is 0.400. The lowest BCUT2D eigenvalue weighted by Gasteiger charge is -2.38. The van der Waals surface area contributed by atoms with Crippen molar-refractivity contribution < 1.29 is 19.1 Å². The third kappa shape index (κ3) is 4.18. The van der Waals surface area contributed by atoms with Gasteiger partial charge in [-0.3, -0.25) is 14.5 Å². The van der Waals surface area contributed by atoms with Crippen LogP contribution >= 0.6 is 0 Å². The molecule has 2 aromatic carbocycles. The molecule has 4 rings (SSSR count). The Balaban J connectivity index is 1.91. The number of fused-ring (bicyclic) bond motifs is 3. The Morgan fingerprint density at radius 2 is 1.85 bits per heavy atom. The van der Waals surface area contributed by atoms with E-state index >= 15 is 0 Å². The van der Waals surface area contributed by atoms with Crippen LogP contribution in [0.15, 0.2) is 48.5 Å². The van der Waals surface area contributed by atoms with E-state index in [1.165, 1.54) is 0 Å². The molecule has 33 heavy (non-hydrogen) atoms. The fourth-order valence-corrected chi connectivity index (χ4v) is 4.40. The Morgan fingerprint density at radius 3 is 2.52 bits per heavy atom. The molecule has 1 aliphatic heterocycles. The molecule has 2 heterocycles. The second-order valence-corrected chi connectivity index (χ2v) is 8.27. The van der Waals surface area contributed by atoms with Crippen molar-refractivity contribution in [1.29, 1.82) is 0 Å². The molecule has 0 fully saturated rings. The van der Waals surface area contributed by atoms with Crippen LogP contribution in [-0.2, 0) is 19.1 Å². The summed E-state index contributed by atoms with van der Waals surface area (Å²) in [7, 11) is 5.57. The van der Waals surface area contributed by atoms with E-state index in [0.29, 0.717) is 25.5 Å². The van der Waals surface area contributed by atoms with Crippen LogP contribution in [0, 0.1) is 5.92 Å². The number of esters is 1. The maximum atomic E-state index is 13.8. The van der Waals surface area contributed by atoms with Crippen LogP contribution in [-0.4, -0.2) is 62.4 Å². The summed E-state index contributed by atoms with van der Waals surface area (Å²) >= 11 is 0. The van der Waals surface area contributed by atoms with E-state index in [-0.39, 0.29) is 12.5 Å². The number of amides is 1. The number of hydrogen-bond acceptors (Lipinski definition) is 6. The number of aromatic nitrogens is 2. The lowest BCUT2D eigenvalue weighted by atomic mass is 9.89. The minimum absolute atomic E-state index is 0.204. The maximum Gasteiger partial charge on any atom is 0.321 e. The number of ether oxygens (including phenoxy) is 2. The summed E-state index contributed by atoms with van der Waals surface area (Å²) in [5.74, 6) is -1.29. The average Bonchev–Trinajstić information content (AvgIpc) is 3.19. The van der Waals surface area contributed by atoms with Gasteiger partial charge in [-0.05, 0) is 43.2 Å². The number of hydrogen-bond donors (Lipinski definition) is 0. The van der Waals surface area contributed by atoms with Crippen LogP contribution in [0.5, 0.6) is 0 Å². The lowest BCUT2D eigenvalue weighted by molar-refractivity contribution is -0.153. The monoisotopic (exact) mass is 450 g/mol. The summed E-state index contributed by atoms with van der Waals surface area (Å²) in [6.07, 6.45) is 0.628. The largest absolute Gasteiger partial charge is 0.465 e. The molecule has 2 atom stereocenters. The van der Waals surface area contributed by atoms with Gasteiger partial charge in [0.15, 0.2) is 5.92 Å². The van der Waals surface area contributed by atoms with Gasteiger partial charge in [-0.25, -0.2) is 4.98 Å². The number of carbonyl (C=O) groups is 2. The average molecular weight is 451 g/mol. The number of carbonyl (C=O) groups excluding carboxylic acids is 2. The minimum Gasteiger partial charge on any atom is -0.465 e. The van der Waals surface area contributed by atoms with Gasteiger partial charge in [0.05, 0.1) is 23.7 Å². The van der Waals surface area contributed by atoms with Crippen LogP contribution in [0.1, 0.15) is 24.9 Å². The van der Waals surface area contributed by atoms with Crippen molar-refractivity contribution >= 4 is 34.5 Å². The number of benzene rings is 2. The van der Waals surface area contributed by atoms with Gasteiger partial charge in [-0.2, -0.15) is 0 Å². The molecule has 174 valence electrons. The Hall–Kier alpha value is -3.39. The van der Waals surface area contributed by atoms with E-state index in [1.807, 2.05) is 72.1 Å². The Kier molecular flexibility index (Phi) is 6.65. The first kappa shape index (κ1) is 22.8. The maximum absolute atomic E-state index is 13.8. The number of nitrogens with zero attached hydrogens (tertiary/aromatic N) is 4. The quantitative estimate of drug-likeness (QED) is 0.298. The Morgan fingerprint density at radius 1 is 1.12 bits per heavy atom. The minimum atomic E-state index is -1.01. The summed E-state index contributed by atoms with van der Waals surface area (Å²) in [4.78, 5) is 35.3. The molecule has 0 unspecified atom stereocenters. The van der Waals surface area contributed by atoms with Gasteiger partial charge in [-0.15, -0.1) is 0 Å². The number of methoxy groups -OCH3 is 1. The summed E-state index contributed by atoms with van der Waals surface area (Å²) in [6.45, 7) is 2.86. The summed E-state index contributed by atoms with van der Waals surface area (Å²) in [6, 6.07) is 15.1. The summed E-state index contributed by atoms with van der Waals surface area (Å²) < 4.78 is 12.6. The first-order chi connectivity index (χ1) is 16.0. The number of para-hydroxylation sites is 2. The standard InChI is InChI=1S/C25H30N4O4/c1-5-33-24(31)21-22(17-11-13-18(14-12-17)27(2)3)29-20-10-7-6-9-19(20)26-25(29)28(23(21)30)15-8-16-32-4/h6-7,9-14,21-22H,5,8,15-16H2,1-4H3/t21-,22-/m1/s1. The van der Waals surface area contributed by atoms with Crippen molar-refractivity contribution in [2.75, 3.05) is 50.8 Å². The second kappa shape index (κ2) is 9.62. The normalized spacial score (nSPS) is 17.8. The first-order valence-corrected chi connectivity index (χ1v) is 11.2. The predicted molar refractivity (Wildman–Crippen MR) is 128 cm³/mol. The molecule has 0 bridgehead atoms. The van der Waals surface area contributed by atoms with E-state index < -0.39 is 17.9 Å². The van der Waals surface area contributed by atoms with E-state index in [0.717, 1.165) is 22.3 Å². The van der Waals surface area contributed by atoms with Gasteiger partial charge >= 0.3 is 5.97 Å². The van der Waals surface area contributed by atoms with Crippen molar-refractivity contribution in [3.63, 3.8) is 0 Å². The van der Waals surface area contributed by atoms with E-state index in [1.54, 1.807) is 18.9 Å². The number of anilines is 2. The van der Waals surface area contributed by atoms with Gasteiger partial charge in [0, 0.05) is 40.0 Å². The van der Waals surface area contributed by atoms with Crippen LogP contribution in [0.4, 0.5) is 11.6 Å². The second-order valence-electron chi connectivity index (χ2n) is 8.27. The van der Waals surface area contributed by atoms with Crippen molar-refractivity contribution in [3.05, 3.63) is 54.1 Å². The molecule has 1 aliphatic rings. The third-order valence-corrected chi connectivity index (χ3v) is 5.97. The van der Waals surface area contributed by atoms with Crippen molar-refractivity contribution in [2.24, 2.45) is 5.92 Å². The molecule has 1 aromatic heterocycles. The van der Waals surface area contributed by atoms with Crippen LogP contribution in [0.25, 0.3) is 11.0 Å². The molecule has 0 spiro atoms. The highest BCUT2D eigenvalue weighted by Gasteiger charge is 2.47. The number of imidazole rings is 1. The van der Waals surface area contributed by atoms with E-state index in [9.17, 15) is 9.59 Å². The van der Waals surface area contributed by atoms with Crippen LogP contribution < -0.4 is 9.80 Å². The topological polar surface area (TPSA) is 76.9 Å².